The lowest BCUT2D eigenvalue weighted by molar-refractivity contribution is 0.251. The number of anilines is 1. The summed E-state index contributed by atoms with van der Waals surface area (Å²) in [5.41, 5.74) is 3.64. The molecule has 0 unspecified atom stereocenters. The second-order valence-electron chi connectivity index (χ2n) is 5.24. The zero-order chi connectivity index (χ0) is 14.5. The third-order valence-electron chi connectivity index (χ3n) is 3.68. The van der Waals surface area contributed by atoms with Crippen molar-refractivity contribution in [2.45, 2.75) is 32.2 Å². The number of carbonyl (C=O) groups is 1. The van der Waals surface area contributed by atoms with Crippen molar-refractivity contribution in [2.75, 3.05) is 11.9 Å². The van der Waals surface area contributed by atoms with Gasteiger partial charge in [-0.1, -0.05) is 11.3 Å². The molecule has 21 heavy (non-hydrogen) atoms. The summed E-state index contributed by atoms with van der Waals surface area (Å²) < 4.78 is 1.75. The Morgan fingerprint density at radius 1 is 1.29 bits per heavy atom. The molecule has 1 aromatic carbocycles. The normalized spacial score (nSPS) is 13.0. The third-order valence-corrected chi connectivity index (χ3v) is 3.68. The molecule has 0 fully saturated rings. The first-order chi connectivity index (χ1) is 10.3. The second kappa shape index (κ2) is 6.39. The molecule has 1 aliphatic carbocycles. The molecule has 1 aromatic heterocycles. The van der Waals surface area contributed by atoms with Crippen LogP contribution in [0.1, 0.15) is 24.0 Å². The van der Waals surface area contributed by atoms with E-state index in [9.17, 15) is 4.79 Å². The van der Waals surface area contributed by atoms with E-state index in [4.69, 9.17) is 0 Å². The van der Waals surface area contributed by atoms with E-state index >= 15 is 0 Å². The van der Waals surface area contributed by atoms with Crippen molar-refractivity contribution in [2.24, 2.45) is 0 Å². The standard InChI is InChI=1S/C15H19N5O/c21-15(16-7-2-9-20-10-8-17-19-20)18-14-6-5-12-3-1-4-13(12)11-14/h5-6,8,10-11H,1-4,7,9H2,(H2,16,18,21). The lowest BCUT2D eigenvalue weighted by Gasteiger charge is -2.09. The van der Waals surface area contributed by atoms with Gasteiger partial charge in [-0.3, -0.25) is 4.68 Å². The minimum absolute atomic E-state index is 0.161. The Morgan fingerprint density at radius 3 is 3.05 bits per heavy atom. The largest absolute Gasteiger partial charge is 0.338 e. The Hall–Kier alpha value is -2.37. The topological polar surface area (TPSA) is 71.8 Å². The van der Waals surface area contributed by atoms with Gasteiger partial charge in [0.2, 0.25) is 0 Å². The number of amides is 2. The van der Waals surface area contributed by atoms with Crippen LogP contribution in [-0.2, 0) is 19.4 Å². The summed E-state index contributed by atoms with van der Waals surface area (Å²) in [6.07, 6.45) is 7.77. The van der Waals surface area contributed by atoms with Gasteiger partial charge in [-0.25, -0.2) is 4.79 Å². The van der Waals surface area contributed by atoms with Gasteiger partial charge in [0, 0.05) is 25.0 Å². The number of urea groups is 1. The fraction of sp³-hybridized carbons (Fsp3) is 0.400. The molecule has 0 radical (unpaired) electrons. The van der Waals surface area contributed by atoms with Crippen molar-refractivity contribution in [1.82, 2.24) is 20.3 Å². The monoisotopic (exact) mass is 285 g/mol. The number of hydrogen-bond donors (Lipinski definition) is 2. The third kappa shape index (κ3) is 3.59. The number of hydrogen-bond acceptors (Lipinski definition) is 3. The highest BCUT2D eigenvalue weighted by molar-refractivity contribution is 5.89. The van der Waals surface area contributed by atoms with Crippen LogP contribution in [0.5, 0.6) is 0 Å². The number of aromatic nitrogens is 3. The number of carbonyl (C=O) groups excluding carboxylic acids is 1. The van der Waals surface area contributed by atoms with E-state index in [0.29, 0.717) is 6.54 Å². The highest BCUT2D eigenvalue weighted by Crippen LogP contribution is 2.24. The summed E-state index contributed by atoms with van der Waals surface area (Å²) in [6, 6.07) is 6.01. The zero-order valence-corrected chi connectivity index (χ0v) is 11.9. The van der Waals surface area contributed by atoms with Gasteiger partial charge in [-0.05, 0) is 48.9 Å². The highest BCUT2D eigenvalue weighted by Gasteiger charge is 2.11. The van der Waals surface area contributed by atoms with Crippen molar-refractivity contribution in [3.05, 3.63) is 41.7 Å². The minimum Gasteiger partial charge on any atom is -0.338 e. The molecule has 0 atom stereocenters. The average molecular weight is 285 g/mol. The van der Waals surface area contributed by atoms with Crippen LogP contribution in [0.2, 0.25) is 0 Å². The predicted octanol–water partition coefficient (Wildman–Crippen LogP) is 1.98. The molecular formula is C15H19N5O. The lowest BCUT2D eigenvalue weighted by atomic mass is 10.1. The smallest absolute Gasteiger partial charge is 0.319 e. The van der Waals surface area contributed by atoms with Gasteiger partial charge in [0.05, 0.1) is 6.20 Å². The number of benzene rings is 1. The molecule has 0 saturated carbocycles. The van der Waals surface area contributed by atoms with E-state index in [2.05, 4.69) is 33.1 Å². The first kappa shape index (κ1) is 13.6. The number of nitrogens with zero attached hydrogens (tertiary/aromatic N) is 3. The van der Waals surface area contributed by atoms with Crippen LogP contribution in [0.4, 0.5) is 10.5 Å². The van der Waals surface area contributed by atoms with Crippen molar-refractivity contribution in [3.8, 4) is 0 Å². The maximum Gasteiger partial charge on any atom is 0.319 e. The summed E-state index contributed by atoms with van der Waals surface area (Å²) in [7, 11) is 0. The summed E-state index contributed by atoms with van der Waals surface area (Å²) in [4.78, 5) is 11.8. The van der Waals surface area contributed by atoms with Crippen LogP contribution in [0.15, 0.2) is 30.6 Å². The fourth-order valence-electron chi connectivity index (χ4n) is 2.62. The molecule has 1 heterocycles. The number of rotatable bonds is 5. The van der Waals surface area contributed by atoms with Crippen LogP contribution in [-0.4, -0.2) is 27.6 Å². The molecule has 0 bridgehead atoms. The van der Waals surface area contributed by atoms with Gasteiger partial charge in [-0.2, -0.15) is 0 Å². The molecule has 6 nitrogen and oxygen atoms in total. The Bertz CT molecular complexity index is 609. The van der Waals surface area contributed by atoms with E-state index in [-0.39, 0.29) is 6.03 Å². The fourth-order valence-corrected chi connectivity index (χ4v) is 2.62. The van der Waals surface area contributed by atoms with Gasteiger partial charge in [0.1, 0.15) is 0 Å². The quantitative estimate of drug-likeness (QED) is 0.825. The van der Waals surface area contributed by atoms with Crippen LogP contribution < -0.4 is 10.6 Å². The molecule has 2 aromatic rings. The Kier molecular flexibility index (Phi) is 4.14. The molecule has 110 valence electrons. The number of aryl methyl sites for hydroxylation is 3. The Balaban J connectivity index is 1.41. The molecule has 1 aliphatic rings. The molecule has 0 spiro atoms. The Morgan fingerprint density at radius 2 is 2.19 bits per heavy atom. The first-order valence-electron chi connectivity index (χ1n) is 7.32. The van der Waals surface area contributed by atoms with Crippen molar-refractivity contribution in [3.63, 3.8) is 0 Å². The van der Waals surface area contributed by atoms with Gasteiger partial charge in [0.25, 0.3) is 0 Å². The average Bonchev–Trinajstić information content (AvgIpc) is 3.14. The molecule has 2 N–H and O–H groups in total. The molecular weight excluding hydrogens is 266 g/mol. The second-order valence-corrected chi connectivity index (χ2v) is 5.24. The summed E-state index contributed by atoms with van der Waals surface area (Å²) in [5.74, 6) is 0. The Labute approximate surface area is 123 Å². The molecule has 0 aliphatic heterocycles. The van der Waals surface area contributed by atoms with Gasteiger partial charge >= 0.3 is 6.03 Å². The first-order valence-corrected chi connectivity index (χ1v) is 7.32. The SMILES string of the molecule is O=C(NCCCn1ccnn1)Nc1ccc2c(c1)CCC2. The summed E-state index contributed by atoms with van der Waals surface area (Å²) in [6.45, 7) is 1.36. The number of nitrogens with one attached hydrogen (secondary N) is 2. The van der Waals surface area contributed by atoms with Crippen molar-refractivity contribution >= 4 is 11.7 Å². The molecule has 2 amide bonds. The van der Waals surface area contributed by atoms with E-state index in [1.807, 2.05) is 12.3 Å². The maximum atomic E-state index is 11.8. The maximum absolute atomic E-state index is 11.8. The van der Waals surface area contributed by atoms with Crippen molar-refractivity contribution in [1.29, 1.82) is 0 Å². The lowest BCUT2D eigenvalue weighted by Crippen LogP contribution is -2.30. The number of fused-ring (bicyclic) bond motifs is 1. The molecule has 6 heteroatoms. The van der Waals surface area contributed by atoms with Crippen LogP contribution >= 0.6 is 0 Å². The van der Waals surface area contributed by atoms with Crippen LogP contribution in [0, 0.1) is 0 Å². The van der Waals surface area contributed by atoms with Gasteiger partial charge in [0.15, 0.2) is 0 Å². The van der Waals surface area contributed by atoms with Crippen molar-refractivity contribution < 1.29 is 4.79 Å². The molecule has 0 saturated heterocycles. The van der Waals surface area contributed by atoms with Gasteiger partial charge < -0.3 is 10.6 Å². The highest BCUT2D eigenvalue weighted by atomic mass is 16.2. The zero-order valence-electron chi connectivity index (χ0n) is 11.9. The van der Waals surface area contributed by atoms with Crippen LogP contribution in [0.3, 0.4) is 0 Å². The van der Waals surface area contributed by atoms with E-state index < -0.39 is 0 Å². The van der Waals surface area contributed by atoms with E-state index in [1.54, 1.807) is 10.9 Å². The molecule has 3 rings (SSSR count). The van der Waals surface area contributed by atoms with Crippen LogP contribution in [0.25, 0.3) is 0 Å². The van der Waals surface area contributed by atoms with E-state index in [0.717, 1.165) is 31.5 Å². The summed E-state index contributed by atoms with van der Waals surface area (Å²) in [5, 5.41) is 13.3. The van der Waals surface area contributed by atoms with Gasteiger partial charge in [-0.15, -0.1) is 5.10 Å². The predicted molar refractivity (Wildman–Crippen MR) is 80.1 cm³/mol. The van der Waals surface area contributed by atoms with E-state index in [1.165, 1.54) is 17.5 Å². The summed E-state index contributed by atoms with van der Waals surface area (Å²) >= 11 is 0. The minimum atomic E-state index is -0.161.